The zero-order valence-corrected chi connectivity index (χ0v) is 22.6. The third-order valence-electron chi connectivity index (χ3n) is 7.25. The number of benzene rings is 1. The number of hydrogen-bond donors (Lipinski definition) is 3. The van der Waals surface area contributed by atoms with E-state index in [1.54, 1.807) is 17.0 Å². The van der Waals surface area contributed by atoms with E-state index in [0.717, 1.165) is 6.42 Å². The molecule has 0 spiro atoms. The summed E-state index contributed by atoms with van der Waals surface area (Å²) >= 11 is 0. The highest BCUT2D eigenvalue weighted by atomic mass is 16.5. The van der Waals surface area contributed by atoms with E-state index in [-0.39, 0.29) is 37.3 Å². The molecule has 1 aliphatic carbocycles. The van der Waals surface area contributed by atoms with Crippen molar-refractivity contribution in [3.05, 3.63) is 34.9 Å². The molecule has 39 heavy (non-hydrogen) atoms. The Morgan fingerprint density at radius 2 is 2.10 bits per heavy atom. The molecule has 11 heteroatoms. The van der Waals surface area contributed by atoms with Gasteiger partial charge < -0.3 is 39.4 Å². The second-order valence-electron chi connectivity index (χ2n) is 10.2. The van der Waals surface area contributed by atoms with Crippen molar-refractivity contribution in [1.82, 2.24) is 10.2 Å². The lowest BCUT2D eigenvalue weighted by molar-refractivity contribution is -0.147. The van der Waals surface area contributed by atoms with Gasteiger partial charge in [-0.05, 0) is 51.3 Å². The molecule has 2 heterocycles. The molecule has 0 bridgehead atoms. The lowest BCUT2D eigenvalue weighted by Crippen LogP contribution is -2.57. The molecule has 1 saturated heterocycles. The largest absolute Gasteiger partial charge is 0.493 e. The van der Waals surface area contributed by atoms with E-state index in [9.17, 15) is 24.6 Å². The standard InChI is InChI=1S/C28H38N2O9/c1-16(2)37-11-5-8-30(28(35)21-6-4-10-38-21)20-14-19(27(34)29-7-9-31)23-18-12-17(15-32)13-22(36-3)25(18)39-26(23)24(20)33/h12-16,20-21,23-24,26,31,33H,4-11H2,1-3H3,(H,29,34)/t20-,21?,23+,24+,26+/m1/s1. The van der Waals surface area contributed by atoms with Gasteiger partial charge in [-0.25, -0.2) is 0 Å². The number of methoxy groups -OCH3 is 1. The average molecular weight is 547 g/mol. The molecular formula is C28H38N2O9. The molecule has 11 nitrogen and oxygen atoms in total. The number of nitrogens with one attached hydrogen (secondary N) is 1. The van der Waals surface area contributed by atoms with E-state index in [0.29, 0.717) is 55.0 Å². The van der Waals surface area contributed by atoms with Gasteiger partial charge in [0.15, 0.2) is 11.5 Å². The summed E-state index contributed by atoms with van der Waals surface area (Å²) in [6.45, 7) is 4.81. The number of hydrogen-bond acceptors (Lipinski definition) is 9. The highest BCUT2D eigenvalue weighted by molar-refractivity contribution is 5.96. The molecule has 1 aromatic rings. The molecule has 3 N–H and O–H groups in total. The van der Waals surface area contributed by atoms with Crippen LogP contribution in [-0.4, -0.2) is 104 Å². The topological polar surface area (TPSA) is 144 Å². The fourth-order valence-corrected chi connectivity index (χ4v) is 5.48. The Hall–Kier alpha value is -2.99. The summed E-state index contributed by atoms with van der Waals surface area (Å²) in [5.41, 5.74) is 1.14. The van der Waals surface area contributed by atoms with Gasteiger partial charge in [-0.3, -0.25) is 14.4 Å². The second kappa shape index (κ2) is 12.9. The highest BCUT2D eigenvalue weighted by Crippen LogP contribution is 2.51. The third-order valence-corrected chi connectivity index (χ3v) is 7.25. The van der Waals surface area contributed by atoms with Crippen LogP contribution < -0.4 is 14.8 Å². The Bertz CT molecular complexity index is 1080. The number of aldehydes is 1. The third kappa shape index (κ3) is 6.11. The number of ether oxygens (including phenoxy) is 4. The Labute approximate surface area is 228 Å². The monoisotopic (exact) mass is 546 g/mol. The van der Waals surface area contributed by atoms with Crippen LogP contribution in [0.1, 0.15) is 54.9 Å². The number of nitrogens with zero attached hydrogens (tertiary/aromatic N) is 1. The average Bonchev–Trinajstić information content (AvgIpc) is 3.60. The van der Waals surface area contributed by atoms with Crippen LogP contribution in [0.25, 0.3) is 0 Å². The Balaban J connectivity index is 1.74. The number of carbonyl (C=O) groups excluding carboxylic acids is 3. The van der Waals surface area contributed by atoms with Gasteiger partial charge >= 0.3 is 0 Å². The fraction of sp³-hybridized carbons (Fsp3) is 0.607. The minimum Gasteiger partial charge on any atom is -0.493 e. The SMILES string of the molecule is COc1cc(C=O)cc2c1O[C@@H]1[C@@H](O)[C@H](N(CCCOC(C)C)C(=O)C3CCCO3)C=C(C(=O)NCCO)[C@H]21. The molecule has 3 aliphatic rings. The van der Waals surface area contributed by atoms with Crippen LogP contribution in [0.15, 0.2) is 23.8 Å². The van der Waals surface area contributed by atoms with Crippen LogP contribution in [0.2, 0.25) is 0 Å². The van der Waals surface area contributed by atoms with Gasteiger partial charge in [0.2, 0.25) is 5.91 Å². The molecule has 1 fully saturated rings. The molecule has 2 amide bonds. The van der Waals surface area contributed by atoms with Crippen molar-refractivity contribution >= 4 is 18.1 Å². The number of aliphatic hydroxyl groups excluding tert-OH is 2. The predicted octanol–water partition coefficient (Wildman–Crippen LogP) is 0.953. The zero-order valence-electron chi connectivity index (χ0n) is 22.6. The molecular weight excluding hydrogens is 508 g/mol. The summed E-state index contributed by atoms with van der Waals surface area (Å²) in [6.07, 6.45) is 1.43. The van der Waals surface area contributed by atoms with Gasteiger partial charge in [0.25, 0.3) is 5.91 Å². The molecule has 214 valence electrons. The number of aliphatic hydroxyl groups is 2. The van der Waals surface area contributed by atoms with Crippen molar-refractivity contribution in [2.45, 2.75) is 69.5 Å². The minimum atomic E-state index is -1.20. The lowest BCUT2D eigenvalue weighted by Gasteiger charge is -2.41. The summed E-state index contributed by atoms with van der Waals surface area (Å²) in [4.78, 5) is 40.2. The van der Waals surface area contributed by atoms with Gasteiger partial charge in [-0.2, -0.15) is 0 Å². The quantitative estimate of drug-likeness (QED) is 0.258. The maximum Gasteiger partial charge on any atom is 0.252 e. The van der Waals surface area contributed by atoms with Crippen molar-refractivity contribution < 1.29 is 43.5 Å². The highest BCUT2D eigenvalue weighted by Gasteiger charge is 2.52. The Kier molecular flexibility index (Phi) is 9.60. The summed E-state index contributed by atoms with van der Waals surface area (Å²) in [5, 5.41) is 23.6. The van der Waals surface area contributed by atoms with Gasteiger partial charge in [0, 0.05) is 43.0 Å². The first kappa shape index (κ1) is 29.0. The summed E-state index contributed by atoms with van der Waals surface area (Å²) < 4.78 is 23.0. The molecule has 2 aliphatic heterocycles. The molecule has 0 aromatic heterocycles. The maximum absolute atomic E-state index is 13.6. The van der Waals surface area contributed by atoms with Crippen LogP contribution in [0, 0.1) is 0 Å². The Morgan fingerprint density at radius 3 is 2.74 bits per heavy atom. The first-order valence-corrected chi connectivity index (χ1v) is 13.5. The summed E-state index contributed by atoms with van der Waals surface area (Å²) in [6, 6.07) is 2.26. The van der Waals surface area contributed by atoms with Crippen LogP contribution in [-0.2, 0) is 19.1 Å². The van der Waals surface area contributed by atoms with Crippen LogP contribution in [0.3, 0.4) is 0 Å². The number of fused-ring (bicyclic) bond motifs is 3. The van der Waals surface area contributed by atoms with E-state index in [1.807, 2.05) is 13.8 Å². The van der Waals surface area contributed by atoms with E-state index < -0.39 is 36.2 Å². The van der Waals surface area contributed by atoms with E-state index in [2.05, 4.69) is 5.32 Å². The molecule has 0 radical (unpaired) electrons. The van der Waals surface area contributed by atoms with Gasteiger partial charge in [-0.1, -0.05) is 0 Å². The van der Waals surface area contributed by atoms with Gasteiger partial charge in [-0.15, -0.1) is 0 Å². The van der Waals surface area contributed by atoms with Crippen molar-refractivity contribution in [1.29, 1.82) is 0 Å². The van der Waals surface area contributed by atoms with Crippen molar-refractivity contribution in [2.24, 2.45) is 0 Å². The van der Waals surface area contributed by atoms with Gasteiger partial charge in [0.1, 0.15) is 24.6 Å². The normalized spacial score (nSPS) is 25.4. The van der Waals surface area contributed by atoms with E-state index in [4.69, 9.17) is 18.9 Å². The molecule has 0 saturated carbocycles. The van der Waals surface area contributed by atoms with E-state index in [1.165, 1.54) is 13.2 Å². The van der Waals surface area contributed by atoms with Crippen LogP contribution in [0.5, 0.6) is 11.5 Å². The van der Waals surface area contributed by atoms with Crippen LogP contribution >= 0.6 is 0 Å². The zero-order chi connectivity index (χ0) is 28.1. The molecule has 1 aromatic carbocycles. The lowest BCUT2D eigenvalue weighted by atomic mass is 9.77. The van der Waals surface area contributed by atoms with Crippen molar-refractivity contribution in [2.75, 3.05) is 40.0 Å². The van der Waals surface area contributed by atoms with Crippen molar-refractivity contribution in [3.8, 4) is 11.5 Å². The minimum absolute atomic E-state index is 0.0251. The van der Waals surface area contributed by atoms with E-state index >= 15 is 0 Å². The second-order valence-corrected chi connectivity index (χ2v) is 10.2. The van der Waals surface area contributed by atoms with Gasteiger partial charge in [0.05, 0.1) is 31.8 Å². The van der Waals surface area contributed by atoms with Crippen molar-refractivity contribution in [3.63, 3.8) is 0 Å². The van der Waals surface area contributed by atoms with Crippen LogP contribution in [0.4, 0.5) is 0 Å². The number of amides is 2. The number of carbonyl (C=O) groups is 3. The maximum atomic E-state index is 13.6. The molecule has 1 unspecified atom stereocenters. The summed E-state index contributed by atoms with van der Waals surface area (Å²) in [7, 11) is 1.45. The summed E-state index contributed by atoms with van der Waals surface area (Å²) in [5.74, 6) is -0.803. The predicted molar refractivity (Wildman–Crippen MR) is 140 cm³/mol. The smallest absolute Gasteiger partial charge is 0.252 e. The number of rotatable bonds is 12. The first-order chi connectivity index (χ1) is 18.8. The Morgan fingerprint density at radius 1 is 1.31 bits per heavy atom. The fourth-order valence-electron chi connectivity index (χ4n) is 5.48. The first-order valence-electron chi connectivity index (χ1n) is 13.5. The molecule has 5 atom stereocenters. The molecule has 4 rings (SSSR count).